The van der Waals surface area contributed by atoms with Crippen molar-refractivity contribution in [2.24, 2.45) is 0 Å². The fraction of sp³-hybridized carbons (Fsp3) is 0.344. The molecule has 8 heteroatoms. The van der Waals surface area contributed by atoms with E-state index >= 15 is 0 Å². The van der Waals surface area contributed by atoms with E-state index in [0.29, 0.717) is 22.6 Å². The van der Waals surface area contributed by atoms with Crippen LogP contribution in [0.1, 0.15) is 59.6 Å². The van der Waals surface area contributed by atoms with E-state index in [9.17, 15) is 14.7 Å². The van der Waals surface area contributed by atoms with Crippen molar-refractivity contribution in [1.82, 2.24) is 4.90 Å². The van der Waals surface area contributed by atoms with Crippen LogP contribution in [0.4, 0.5) is 0 Å². The highest BCUT2D eigenvalue weighted by molar-refractivity contribution is 5.88. The maximum absolute atomic E-state index is 14.0. The predicted molar refractivity (Wildman–Crippen MR) is 147 cm³/mol. The summed E-state index contributed by atoms with van der Waals surface area (Å²) < 4.78 is 18.1. The van der Waals surface area contributed by atoms with Gasteiger partial charge in [0.2, 0.25) is 0 Å². The summed E-state index contributed by atoms with van der Waals surface area (Å²) in [5.41, 5.74) is 3.64. The molecule has 0 spiro atoms. The summed E-state index contributed by atoms with van der Waals surface area (Å²) in [5.74, 6) is -0.493. The summed E-state index contributed by atoms with van der Waals surface area (Å²) >= 11 is 0. The minimum Gasteiger partial charge on any atom is -0.493 e. The summed E-state index contributed by atoms with van der Waals surface area (Å²) in [4.78, 5) is 28.0. The molecule has 1 aliphatic heterocycles. The fourth-order valence-electron chi connectivity index (χ4n) is 5.49. The van der Waals surface area contributed by atoms with Gasteiger partial charge in [0.15, 0.2) is 17.6 Å². The Morgan fingerprint density at radius 1 is 1.05 bits per heavy atom. The van der Waals surface area contributed by atoms with Gasteiger partial charge in [-0.1, -0.05) is 61.4 Å². The quantitative estimate of drug-likeness (QED) is 0.398. The van der Waals surface area contributed by atoms with Crippen LogP contribution in [-0.2, 0) is 33.9 Å². The van der Waals surface area contributed by atoms with Crippen molar-refractivity contribution in [1.29, 1.82) is 5.26 Å². The standard InChI is InChI=1S/C32H32N2O6/c1-38-28-16-15-24-19-34(31(35)29(23-7-3-2-4-8-23)40-25-9-5-6-10-25)27(32(36)37)17-26(24)30(28)39-20-22-13-11-21(18-33)12-14-22/h2-4,7-8,11-16,25,27,29H,5-6,9-10,17,19-20H2,1H3,(H,36,37)/t27-,29?/m0/s1. The second-order valence-corrected chi connectivity index (χ2v) is 10.2. The molecule has 1 fully saturated rings. The number of hydrogen-bond donors (Lipinski definition) is 1. The molecular formula is C32H32N2O6. The number of amides is 1. The number of aliphatic carboxylic acids is 1. The van der Waals surface area contributed by atoms with Crippen molar-refractivity contribution in [3.05, 3.63) is 94.5 Å². The highest BCUT2D eigenvalue weighted by atomic mass is 16.5. The number of rotatable bonds is 9. The Morgan fingerprint density at radius 2 is 1.77 bits per heavy atom. The molecule has 1 amide bonds. The average molecular weight is 541 g/mol. The number of carbonyl (C=O) groups excluding carboxylic acids is 1. The maximum atomic E-state index is 14.0. The molecule has 8 nitrogen and oxygen atoms in total. The van der Waals surface area contributed by atoms with Crippen molar-refractivity contribution < 1.29 is 28.9 Å². The minimum atomic E-state index is -1.09. The Kier molecular flexibility index (Phi) is 8.32. The SMILES string of the molecule is COc1ccc2c(c1OCc1ccc(C#N)cc1)C[C@@H](C(=O)O)N(C(=O)C(OC1CCCC1)c1ccccc1)C2. The lowest BCUT2D eigenvalue weighted by Crippen LogP contribution is -2.50. The smallest absolute Gasteiger partial charge is 0.326 e. The third-order valence-corrected chi connectivity index (χ3v) is 7.65. The van der Waals surface area contributed by atoms with Gasteiger partial charge >= 0.3 is 5.97 Å². The van der Waals surface area contributed by atoms with E-state index < -0.39 is 18.1 Å². The summed E-state index contributed by atoms with van der Waals surface area (Å²) in [6, 6.07) is 21.0. The van der Waals surface area contributed by atoms with Crippen LogP contribution < -0.4 is 9.47 Å². The molecule has 3 aromatic carbocycles. The predicted octanol–water partition coefficient (Wildman–Crippen LogP) is 5.18. The van der Waals surface area contributed by atoms with Crippen LogP contribution in [0.15, 0.2) is 66.7 Å². The number of carboxylic acids is 1. The molecule has 1 N–H and O–H groups in total. The Morgan fingerprint density at radius 3 is 2.42 bits per heavy atom. The monoisotopic (exact) mass is 540 g/mol. The molecule has 2 aliphatic rings. The van der Waals surface area contributed by atoms with Gasteiger partial charge in [-0.15, -0.1) is 0 Å². The second kappa shape index (κ2) is 12.2. The molecule has 1 saturated carbocycles. The van der Waals surface area contributed by atoms with Gasteiger partial charge in [-0.25, -0.2) is 4.79 Å². The van der Waals surface area contributed by atoms with E-state index in [1.807, 2.05) is 48.5 Å². The Balaban J connectivity index is 1.44. The van der Waals surface area contributed by atoms with Gasteiger partial charge < -0.3 is 24.2 Å². The minimum absolute atomic E-state index is 0.0269. The van der Waals surface area contributed by atoms with Gasteiger partial charge in [-0.05, 0) is 47.7 Å². The first-order valence-electron chi connectivity index (χ1n) is 13.5. The van der Waals surface area contributed by atoms with E-state index in [1.54, 1.807) is 18.2 Å². The van der Waals surface area contributed by atoms with Crippen molar-refractivity contribution in [2.75, 3.05) is 7.11 Å². The summed E-state index contributed by atoms with van der Waals surface area (Å²) in [6.45, 7) is 0.323. The highest BCUT2D eigenvalue weighted by Crippen LogP contribution is 2.40. The molecule has 0 aromatic heterocycles. The van der Waals surface area contributed by atoms with Crippen LogP contribution in [0.2, 0.25) is 0 Å². The number of benzene rings is 3. The second-order valence-electron chi connectivity index (χ2n) is 10.2. The Labute approximate surface area is 233 Å². The Hall–Kier alpha value is -4.35. The first-order valence-corrected chi connectivity index (χ1v) is 13.5. The molecule has 0 radical (unpaired) electrons. The normalized spacial score (nSPS) is 17.5. The van der Waals surface area contributed by atoms with Gasteiger partial charge in [0, 0.05) is 18.5 Å². The molecule has 5 rings (SSSR count). The molecule has 1 aliphatic carbocycles. The van der Waals surface area contributed by atoms with E-state index in [1.165, 1.54) is 12.0 Å². The van der Waals surface area contributed by atoms with Crippen LogP contribution in [0, 0.1) is 11.3 Å². The average Bonchev–Trinajstić information content (AvgIpc) is 3.51. The van der Waals surface area contributed by atoms with E-state index in [0.717, 1.165) is 42.4 Å². The van der Waals surface area contributed by atoms with Gasteiger partial charge in [-0.2, -0.15) is 5.26 Å². The van der Waals surface area contributed by atoms with Crippen LogP contribution in [0.5, 0.6) is 11.5 Å². The molecule has 3 aromatic rings. The lowest BCUT2D eigenvalue weighted by Gasteiger charge is -2.37. The molecule has 1 unspecified atom stereocenters. The maximum Gasteiger partial charge on any atom is 0.326 e. The number of carboxylic acid groups (broad SMARTS) is 1. The van der Waals surface area contributed by atoms with Crippen LogP contribution in [-0.4, -0.2) is 41.1 Å². The van der Waals surface area contributed by atoms with Crippen molar-refractivity contribution in [3.8, 4) is 17.6 Å². The van der Waals surface area contributed by atoms with Crippen molar-refractivity contribution in [2.45, 2.75) is 63.5 Å². The number of methoxy groups -OCH3 is 1. The van der Waals surface area contributed by atoms with Crippen LogP contribution in [0.25, 0.3) is 0 Å². The largest absolute Gasteiger partial charge is 0.493 e. The van der Waals surface area contributed by atoms with Crippen molar-refractivity contribution >= 4 is 11.9 Å². The van der Waals surface area contributed by atoms with E-state index in [2.05, 4.69) is 6.07 Å². The van der Waals surface area contributed by atoms with Gasteiger partial charge in [0.1, 0.15) is 12.6 Å². The summed E-state index contributed by atoms with van der Waals surface area (Å²) in [7, 11) is 1.54. The summed E-state index contributed by atoms with van der Waals surface area (Å²) in [5, 5.41) is 19.3. The molecule has 2 atom stereocenters. The third kappa shape index (κ3) is 5.80. The van der Waals surface area contributed by atoms with Gasteiger partial charge in [0.05, 0.1) is 24.8 Å². The van der Waals surface area contributed by atoms with Gasteiger partial charge in [-0.3, -0.25) is 4.79 Å². The van der Waals surface area contributed by atoms with E-state index in [4.69, 9.17) is 19.5 Å². The molecule has 1 heterocycles. The first kappa shape index (κ1) is 27.2. The third-order valence-electron chi connectivity index (χ3n) is 7.65. The lowest BCUT2D eigenvalue weighted by atomic mass is 9.91. The Bertz CT molecular complexity index is 1390. The number of fused-ring (bicyclic) bond motifs is 1. The summed E-state index contributed by atoms with van der Waals surface area (Å²) in [6.07, 6.45) is 3.06. The molecule has 0 saturated heterocycles. The van der Waals surface area contributed by atoms with Crippen LogP contribution >= 0.6 is 0 Å². The zero-order chi connectivity index (χ0) is 28.1. The lowest BCUT2D eigenvalue weighted by molar-refractivity contribution is -0.160. The van der Waals surface area contributed by atoms with Crippen LogP contribution in [0.3, 0.4) is 0 Å². The molecular weight excluding hydrogens is 508 g/mol. The number of carbonyl (C=O) groups is 2. The van der Waals surface area contributed by atoms with Gasteiger partial charge in [0.25, 0.3) is 5.91 Å². The molecule has 0 bridgehead atoms. The number of hydrogen-bond acceptors (Lipinski definition) is 6. The topological polar surface area (TPSA) is 109 Å². The molecule has 40 heavy (non-hydrogen) atoms. The molecule has 206 valence electrons. The zero-order valence-corrected chi connectivity index (χ0v) is 22.4. The first-order chi connectivity index (χ1) is 19.5. The zero-order valence-electron chi connectivity index (χ0n) is 22.4. The van der Waals surface area contributed by atoms with Crippen molar-refractivity contribution in [3.63, 3.8) is 0 Å². The number of nitrogens with zero attached hydrogens (tertiary/aromatic N) is 2. The highest BCUT2D eigenvalue weighted by Gasteiger charge is 2.41. The number of ether oxygens (including phenoxy) is 3. The van der Waals surface area contributed by atoms with E-state index in [-0.39, 0.29) is 31.6 Å². The fourth-order valence-corrected chi connectivity index (χ4v) is 5.49. The number of nitriles is 1.